The molecule has 1 aliphatic heterocycles. The zero-order valence-electron chi connectivity index (χ0n) is 20.5. The Morgan fingerprint density at radius 1 is 1.12 bits per heavy atom. The molecule has 1 aromatic carbocycles. The standard InChI is InChI=1S/C25H39N3O4/c1-7-27(8-2)16-15-26(5)22(29)17-25(20-9-11-21(32-6)12-10-20)18-23(30)28(24(25)31)14-13-19(3)4/h9-12,19H,7-8,13-18H2,1-6H3/t25-/m1/s1. The van der Waals surface area contributed by atoms with Crippen LogP contribution in [0.5, 0.6) is 5.75 Å². The molecule has 0 spiro atoms. The Labute approximate surface area is 192 Å². The van der Waals surface area contributed by atoms with E-state index in [9.17, 15) is 14.4 Å². The van der Waals surface area contributed by atoms with Gasteiger partial charge in [0.05, 0.1) is 12.5 Å². The number of likely N-dealkylation sites (N-methyl/N-ethyl adjacent to an activating group) is 2. The molecule has 0 saturated carbocycles. The summed E-state index contributed by atoms with van der Waals surface area (Å²) in [5.74, 6) is 0.447. The molecule has 1 aromatic rings. The van der Waals surface area contributed by atoms with Crippen LogP contribution in [0.15, 0.2) is 24.3 Å². The highest BCUT2D eigenvalue weighted by molar-refractivity contribution is 6.10. The van der Waals surface area contributed by atoms with Gasteiger partial charge in [-0.05, 0) is 43.1 Å². The van der Waals surface area contributed by atoms with Gasteiger partial charge >= 0.3 is 0 Å². The van der Waals surface area contributed by atoms with Crippen LogP contribution in [0.25, 0.3) is 0 Å². The summed E-state index contributed by atoms with van der Waals surface area (Å²) < 4.78 is 5.25. The number of benzene rings is 1. The molecule has 0 unspecified atom stereocenters. The number of likely N-dealkylation sites (tertiary alicyclic amines) is 1. The summed E-state index contributed by atoms with van der Waals surface area (Å²) in [7, 11) is 3.35. The van der Waals surface area contributed by atoms with Crippen LogP contribution in [-0.4, -0.2) is 79.3 Å². The molecule has 0 radical (unpaired) electrons. The van der Waals surface area contributed by atoms with Gasteiger partial charge in [0.25, 0.3) is 0 Å². The third-order valence-corrected chi connectivity index (χ3v) is 6.51. The summed E-state index contributed by atoms with van der Waals surface area (Å²) in [6.45, 7) is 11.9. The monoisotopic (exact) mass is 445 g/mol. The largest absolute Gasteiger partial charge is 0.497 e. The van der Waals surface area contributed by atoms with E-state index in [-0.39, 0.29) is 30.6 Å². The van der Waals surface area contributed by atoms with E-state index in [4.69, 9.17) is 4.74 Å². The minimum Gasteiger partial charge on any atom is -0.497 e. The first kappa shape index (κ1) is 25.8. The molecule has 0 bridgehead atoms. The Hall–Kier alpha value is -2.41. The summed E-state index contributed by atoms with van der Waals surface area (Å²) in [6, 6.07) is 7.17. The maximum absolute atomic E-state index is 13.6. The van der Waals surface area contributed by atoms with Gasteiger partial charge in [0.1, 0.15) is 5.75 Å². The maximum Gasteiger partial charge on any atom is 0.240 e. The number of hydrogen-bond acceptors (Lipinski definition) is 5. The molecule has 1 atom stereocenters. The fraction of sp³-hybridized carbons (Fsp3) is 0.640. The number of nitrogens with zero attached hydrogens (tertiary/aromatic N) is 3. The minimum atomic E-state index is -1.17. The van der Waals surface area contributed by atoms with E-state index >= 15 is 0 Å². The zero-order valence-corrected chi connectivity index (χ0v) is 20.5. The van der Waals surface area contributed by atoms with E-state index in [1.807, 2.05) is 0 Å². The van der Waals surface area contributed by atoms with Crippen LogP contribution < -0.4 is 4.74 Å². The van der Waals surface area contributed by atoms with Crippen LogP contribution in [0.2, 0.25) is 0 Å². The normalized spacial score (nSPS) is 18.7. The summed E-state index contributed by atoms with van der Waals surface area (Å²) in [4.78, 5) is 45.0. The fourth-order valence-electron chi connectivity index (χ4n) is 4.14. The second kappa shape index (κ2) is 11.5. The zero-order chi connectivity index (χ0) is 23.9. The highest BCUT2D eigenvalue weighted by atomic mass is 16.5. The van der Waals surface area contributed by atoms with Crippen molar-refractivity contribution in [3.63, 3.8) is 0 Å². The van der Waals surface area contributed by atoms with E-state index in [2.05, 4.69) is 32.6 Å². The average Bonchev–Trinajstić information content (AvgIpc) is 3.02. The molecule has 0 aliphatic carbocycles. The quantitative estimate of drug-likeness (QED) is 0.463. The molecule has 1 heterocycles. The molecule has 2 rings (SSSR count). The van der Waals surface area contributed by atoms with Crippen molar-refractivity contribution < 1.29 is 19.1 Å². The summed E-state index contributed by atoms with van der Waals surface area (Å²) in [5.41, 5.74) is -0.477. The highest BCUT2D eigenvalue weighted by Crippen LogP contribution is 2.41. The molecule has 1 fully saturated rings. The van der Waals surface area contributed by atoms with Gasteiger partial charge < -0.3 is 14.5 Å². The van der Waals surface area contributed by atoms with Gasteiger partial charge in [-0.25, -0.2) is 0 Å². The van der Waals surface area contributed by atoms with E-state index in [1.54, 1.807) is 43.3 Å². The lowest BCUT2D eigenvalue weighted by Crippen LogP contribution is -2.44. The van der Waals surface area contributed by atoms with Crippen LogP contribution in [-0.2, 0) is 19.8 Å². The van der Waals surface area contributed by atoms with Gasteiger partial charge in [-0.3, -0.25) is 19.3 Å². The number of carbonyl (C=O) groups excluding carboxylic acids is 3. The third-order valence-electron chi connectivity index (χ3n) is 6.51. The van der Waals surface area contributed by atoms with Crippen molar-refractivity contribution in [3.05, 3.63) is 29.8 Å². The summed E-state index contributed by atoms with van der Waals surface area (Å²) in [5, 5.41) is 0. The molecule has 178 valence electrons. The van der Waals surface area contributed by atoms with Crippen molar-refractivity contribution in [2.75, 3.05) is 46.9 Å². The van der Waals surface area contributed by atoms with Crippen molar-refractivity contribution in [1.29, 1.82) is 0 Å². The Morgan fingerprint density at radius 2 is 1.75 bits per heavy atom. The molecule has 0 N–H and O–H groups in total. The van der Waals surface area contributed by atoms with Crippen LogP contribution >= 0.6 is 0 Å². The van der Waals surface area contributed by atoms with Crippen molar-refractivity contribution in [3.8, 4) is 5.75 Å². The van der Waals surface area contributed by atoms with Crippen LogP contribution in [0.3, 0.4) is 0 Å². The molecular weight excluding hydrogens is 406 g/mol. The lowest BCUT2D eigenvalue weighted by molar-refractivity contribution is -0.142. The van der Waals surface area contributed by atoms with Crippen molar-refractivity contribution in [1.82, 2.24) is 14.7 Å². The lowest BCUT2D eigenvalue weighted by atomic mass is 9.75. The van der Waals surface area contributed by atoms with Crippen molar-refractivity contribution in [2.24, 2.45) is 5.92 Å². The van der Waals surface area contributed by atoms with Gasteiger partial charge in [-0.1, -0.05) is 39.8 Å². The minimum absolute atomic E-state index is 0.0170. The molecule has 7 heteroatoms. The summed E-state index contributed by atoms with van der Waals surface area (Å²) >= 11 is 0. The third kappa shape index (κ3) is 5.88. The van der Waals surface area contributed by atoms with Crippen LogP contribution in [0.1, 0.15) is 52.5 Å². The number of imide groups is 1. The first-order chi connectivity index (χ1) is 15.2. The van der Waals surface area contributed by atoms with Gasteiger partial charge in [-0.2, -0.15) is 0 Å². The Morgan fingerprint density at radius 3 is 2.28 bits per heavy atom. The van der Waals surface area contributed by atoms with E-state index in [0.717, 1.165) is 26.1 Å². The lowest BCUT2D eigenvalue weighted by Gasteiger charge is -2.30. The maximum atomic E-state index is 13.6. The first-order valence-corrected chi connectivity index (χ1v) is 11.6. The average molecular weight is 446 g/mol. The molecule has 32 heavy (non-hydrogen) atoms. The van der Waals surface area contributed by atoms with E-state index < -0.39 is 5.41 Å². The topological polar surface area (TPSA) is 70.2 Å². The Bertz CT molecular complexity index is 789. The smallest absolute Gasteiger partial charge is 0.240 e. The predicted octanol–water partition coefficient (Wildman–Crippen LogP) is 2.93. The highest BCUT2D eigenvalue weighted by Gasteiger charge is 2.53. The molecule has 0 aromatic heterocycles. The van der Waals surface area contributed by atoms with Crippen molar-refractivity contribution in [2.45, 2.75) is 52.4 Å². The molecule has 1 saturated heterocycles. The van der Waals surface area contributed by atoms with Crippen molar-refractivity contribution >= 4 is 17.7 Å². The number of ether oxygens (including phenoxy) is 1. The summed E-state index contributed by atoms with van der Waals surface area (Å²) in [6.07, 6.45) is 0.747. The van der Waals surface area contributed by atoms with Gasteiger partial charge in [0.2, 0.25) is 17.7 Å². The molecule has 1 aliphatic rings. The van der Waals surface area contributed by atoms with E-state index in [1.165, 1.54) is 4.90 Å². The Kier molecular flexibility index (Phi) is 9.25. The van der Waals surface area contributed by atoms with Crippen LogP contribution in [0.4, 0.5) is 0 Å². The van der Waals surface area contributed by atoms with Crippen LogP contribution in [0, 0.1) is 5.92 Å². The SMILES string of the molecule is CCN(CC)CCN(C)C(=O)C[C@]1(c2ccc(OC)cc2)CC(=O)N(CCC(C)C)C1=O. The number of rotatable bonds is 12. The fourth-order valence-corrected chi connectivity index (χ4v) is 4.14. The predicted molar refractivity (Wildman–Crippen MR) is 126 cm³/mol. The van der Waals surface area contributed by atoms with Gasteiger partial charge in [-0.15, -0.1) is 0 Å². The van der Waals surface area contributed by atoms with Gasteiger partial charge in [0, 0.05) is 39.5 Å². The number of carbonyl (C=O) groups is 3. The number of amides is 3. The Balaban J connectivity index is 2.30. The molecular formula is C25H39N3O4. The van der Waals surface area contributed by atoms with Gasteiger partial charge in [0.15, 0.2) is 0 Å². The first-order valence-electron chi connectivity index (χ1n) is 11.6. The van der Waals surface area contributed by atoms with E-state index in [0.29, 0.717) is 30.3 Å². The molecule has 7 nitrogen and oxygen atoms in total. The second-order valence-electron chi connectivity index (χ2n) is 9.04. The number of methoxy groups -OCH3 is 1. The number of hydrogen-bond donors (Lipinski definition) is 0. The molecule has 3 amide bonds. The second-order valence-corrected chi connectivity index (χ2v) is 9.04.